The molecule has 0 spiro atoms. The lowest BCUT2D eigenvalue weighted by Gasteiger charge is -2.16. The first-order chi connectivity index (χ1) is 4.25. The molecule has 0 heteroatoms. The van der Waals surface area contributed by atoms with Crippen molar-refractivity contribution < 1.29 is 0 Å². The third-order valence-corrected chi connectivity index (χ3v) is 2.31. The third kappa shape index (κ3) is 1.70. The molecular weight excluding hydrogens is 108 g/mol. The highest BCUT2D eigenvalue weighted by Crippen LogP contribution is 2.44. The lowest BCUT2D eigenvalue weighted by molar-refractivity contribution is 0.414. The smallest absolute Gasteiger partial charge is 0.0207 e. The summed E-state index contributed by atoms with van der Waals surface area (Å²) < 4.78 is 0. The summed E-state index contributed by atoms with van der Waals surface area (Å²) in [5, 5.41) is 0. The van der Waals surface area contributed by atoms with E-state index < -0.39 is 0 Å². The van der Waals surface area contributed by atoms with Crippen LogP contribution in [0, 0.1) is 17.8 Å². The molecule has 0 heterocycles. The molecular formula is C9H17. The van der Waals surface area contributed by atoms with E-state index in [1.807, 2.05) is 5.92 Å². The van der Waals surface area contributed by atoms with Crippen LogP contribution in [0.4, 0.5) is 0 Å². The minimum absolute atomic E-state index is 0.882. The van der Waals surface area contributed by atoms with Gasteiger partial charge in [0.25, 0.3) is 0 Å². The monoisotopic (exact) mass is 125 g/mol. The van der Waals surface area contributed by atoms with Crippen LogP contribution in [0.3, 0.4) is 0 Å². The van der Waals surface area contributed by atoms with Gasteiger partial charge in [-0.15, -0.1) is 0 Å². The van der Waals surface area contributed by atoms with Gasteiger partial charge in [0.05, 0.1) is 0 Å². The normalized spacial score (nSPS) is 22.7. The highest BCUT2D eigenvalue weighted by molar-refractivity contribution is 5.10. The molecule has 1 fully saturated rings. The van der Waals surface area contributed by atoms with E-state index >= 15 is 0 Å². The van der Waals surface area contributed by atoms with Crippen molar-refractivity contribution in [3.05, 3.63) is 5.92 Å². The van der Waals surface area contributed by atoms with Crippen molar-refractivity contribution >= 4 is 0 Å². The summed E-state index contributed by atoms with van der Waals surface area (Å²) in [6.07, 6.45) is 4.21. The van der Waals surface area contributed by atoms with Crippen molar-refractivity contribution in [1.82, 2.24) is 0 Å². The van der Waals surface area contributed by atoms with Gasteiger partial charge in [-0.1, -0.05) is 27.2 Å². The van der Waals surface area contributed by atoms with Crippen molar-refractivity contribution in [2.24, 2.45) is 11.8 Å². The maximum Gasteiger partial charge on any atom is -0.0207 e. The van der Waals surface area contributed by atoms with E-state index in [0.717, 1.165) is 11.8 Å². The molecule has 1 atom stereocenters. The minimum atomic E-state index is 0.882. The maximum atomic E-state index is 2.33. The molecule has 0 amide bonds. The van der Waals surface area contributed by atoms with Crippen LogP contribution in [0.15, 0.2) is 0 Å². The predicted molar refractivity (Wildman–Crippen MR) is 41.1 cm³/mol. The van der Waals surface area contributed by atoms with Crippen molar-refractivity contribution in [2.75, 3.05) is 0 Å². The topological polar surface area (TPSA) is 0 Å². The number of hydrogen-bond acceptors (Lipinski definition) is 0. The molecule has 1 saturated carbocycles. The Balaban J connectivity index is 2.28. The zero-order valence-corrected chi connectivity index (χ0v) is 6.78. The van der Waals surface area contributed by atoms with Gasteiger partial charge >= 0.3 is 0 Å². The first kappa shape index (κ1) is 7.11. The molecule has 1 aliphatic rings. The summed E-state index contributed by atoms with van der Waals surface area (Å²) in [5.74, 6) is 3.66. The van der Waals surface area contributed by atoms with E-state index in [4.69, 9.17) is 0 Å². The van der Waals surface area contributed by atoms with Gasteiger partial charge in [0.2, 0.25) is 0 Å². The Kier molecular flexibility index (Phi) is 2.15. The first-order valence-corrected chi connectivity index (χ1v) is 4.10. The molecule has 1 radical (unpaired) electrons. The van der Waals surface area contributed by atoms with Gasteiger partial charge in [0.1, 0.15) is 0 Å². The molecule has 1 rings (SSSR count). The highest BCUT2D eigenvalue weighted by atomic mass is 14.4. The Morgan fingerprint density at radius 3 is 2.00 bits per heavy atom. The zero-order chi connectivity index (χ0) is 6.85. The molecule has 0 nitrogen and oxygen atoms in total. The Morgan fingerprint density at radius 2 is 1.89 bits per heavy atom. The first-order valence-electron chi connectivity index (χ1n) is 4.10. The highest BCUT2D eigenvalue weighted by Gasteiger charge is 2.31. The molecule has 0 bridgehead atoms. The summed E-state index contributed by atoms with van der Waals surface area (Å²) >= 11 is 0. The van der Waals surface area contributed by atoms with E-state index in [0.29, 0.717) is 0 Å². The summed E-state index contributed by atoms with van der Waals surface area (Å²) in [6, 6.07) is 0. The van der Waals surface area contributed by atoms with Crippen LogP contribution in [0.2, 0.25) is 0 Å². The lowest BCUT2D eigenvalue weighted by Crippen LogP contribution is -2.07. The summed E-state index contributed by atoms with van der Waals surface area (Å²) in [5.41, 5.74) is 0. The molecule has 9 heavy (non-hydrogen) atoms. The molecule has 1 unspecified atom stereocenters. The van der Waals surface area contributed by atoms with Crippen LogP contribution >= 0.6 is 0 Å². The molecule has 0 aliphatic heterocycles. The Labute approximate surface area is 58.7 Å². The van der Waals surface area contributed by atoms with Gasteiger partial charge in [-0.2, -0.15) is 0 Å². The molecule has 0 aromatic heterocycles. The van der Waals surface area contributed by atoms with Gasteiger partial charge in [-0.25, -0.2) is 0 Å². The van der Waals surface area contributed by atoms with Gasteiger partial charge < -0.3 is 0 Å². The Morgan fingerprint density at radius 1 is 1.33 bits per heavy atom. The molecule has 0 N–H and O–H groups in total. The van der Waals surface area contributed by atoms with Crippen LogP contribution in [-0.2, 0) is 0 Å². The van der Waals surface area contributed by atoms with Crippen LogP contribution < -0.4 is 0 Å². The molecule has 0 saturated heterocycles. The Hall–Kier alpha value is 0. The van der Waals surface area contributed by atoms with E-state index in [1.54, 1.807) is 0 Å². The summed E-state index contributed by atoms with van der Waals surface area (Å²) in [6.45, 7) is 6.97. The fraction of sp³-hybridized carbons (Fsp3) is 0.889. The molecule has 53 valence electrons. The average molecular weight is 125 g/mol. The average Bonchev–Trinajstić information content (AvgIpc) is 2.50. The SMILES string of the molecule is CCC([C]1CC1)C(C)C. The van der Waals surface area contributed by atoms with E-state index in [9.17, 15) is 0 Å². The van der Waals surface area contributed by atoms with E-state index in [2.05, 4.69) is 20.8 Å². The second kappa shape index (κ2) is 2.72. The largest absolute Gasteiger partial charge is 0.0651 e. The third-order valence-electron chi connectivity index (χ3n) is 2.31. The van der Waals surface area contributed by atoms with E-state index in [1.165, 1.54) is 19.3 Å². The summed E-state index contributed by atoms with van der Waals surface area (Å²) in [4.78, 5) is 0. The number of hydrogen-bond donors (Lipinski definition) is 0. The molecule has 0 aromatic carbocycles. The predicted octanol–water partition coefficient (Wildman–Crippen LogP) is 3.04. The zero-order valence-electron chi connectivity index (χ0n) is 6.78. The van der Waals surface area contributed by atoms with E-state index in [-0.39, 0.29) is 0 Å². The van der Waals surface area contributed by atoms with Gasteiger partial charge in [-0.3, -0.25) is 0 Å². The number of rotatable bonds is 3. The lowest BCUT2D eigenvalue weighted by atomic mass is 9.89. The van der Waals surface area contributed by atoms with Crippen LogP contribution in [-0.4, -0.2) is 0 Å². The Bertz CT molecular complexity index is 78.0. The van der Waals surface area contributed by atoms with Gasteiger partial charge in [0, 0.05) is 0 Å². The van der Waals surface area contributed by atoms with Crippen molar-refractivity contribution in [1.29, 1.82) is 0 Å². The fourth-order valence-corrected chi connectivity index (χ4v) is 1.67. The second-order valence-electron chi connectivity index (χ2n) is 3.42. The molecule has 1 aliphatic carbocycles. The minimum Gasteiger partial charge on any atom is -0.0651 e. The van der Waals surface area contributed by atoms with Gasteiger partial charge in [0.15, 0.2) is 0 Å². The fourth-order valence-electron chi connectivity index (χ4n) is 1.67. The van der Waals surface area contributed by atoms with Gasteiger partial charge in [-0.05, 0) is 30.6 Å². The maximum absolute atomic E-state index is 2.33. The summed E-state index contributed by atoms with van der Waals surface area (Å²) in [7, 11) is 0. The van der Waals surface area contributed by atoms with Crippen molar-refractivity contribution in [2.45, 2.75) is 40.0 Å². The van der Waals surface area contributed by atoms with Crippen LogP contribution in [0.5, 0.6) is 0 Å². The van der Waals surface area contributed by atoms with Crippen molar-refractivity contribution in [3.8, 4) is 0 Å². The van der Waals surface area contributed by atoms with Crippen LogP contribution in [0.1, 0.15) is 40.0 Å². The van der Waals surface area contributed by atoms with Crippen LogP contribution in [0.25, 0.3) is 0 Å². The second-order valence-corrected chi connectivity index (χ2v) is 3.42. The molecule has 0 aromatic rings. The quantitative estimate of drug-likeness (QED) is 0.544. The van der Waals surface area contributed by atoms with Crippen molar-refractivity contribution in [3.63, 3.8) is 0 Å². The standard InChI is InChI=1S/C9H17/c1-4-9(7(2)3)8-5-6-8/h7,9H,4-6H2,1-3H3.